The molecule has 0 radical (unpaired) electrons. The first kappa shape index (κ1) is 18.9. The van der Waals surface area contributed by atoms with E-state index in [1.165, 1.54) is 12.1 Å². The number of aromatic nitrogens is 2. The van der Waals surface area contributed by atoms with Gasteiger partial charge in [-0.05, 0) is 30.5 Å². The number of aromatic amines is 1. The van der Waals surface area contributed by atoms with Crippen molar-refractivity contribution < 1.29 is 18.7 Å². The zero-order valence-electron chi connectivity index (χ0n) is 15.7. The van der Waals surface area contributed by atoms with Gasteiger partial charge >= 0.3 is 6.09 Å². The van der Waals surface area contributed by atoms with Crippen LogP contribution in [0.1, 0.15) is 40.5 Å². The number of amides is 2. The number of halogens is 1. The van der Waals surface area contributed by atoms with Gasteiger partial charge in [0.25, 0.3) is 5.91 Å². The number of H-pyrrole nitrogens is 1. The van der Waals surface area contributed by atoms with Gasteiger partial charge in [0.1, 0.15) is 29.3 Å². The normalized spacial score (nSPS) is 16.7. The molecule has 150 valence electrons. The molecule has 1 unspecified atom stereocenters. The third kappa shape index (κ3) is 3.91. The summed E-state index contributed by atoms with van der Waals surface area (Å²) >= 11 is 0. The second kappa shape index (κ2) is 7.90. The molecule has 3 N–H and O–H groups in total. The van der Waals surface area contributed by atoms with E-state index in [-0.39, 0.29) is 29.7 Å². The van der Waals surface area contributed by atoms with Crippen LogP contribution < -0.4 is 5.73 Å². The molecule has 0 bridgehead atoms. The summed E-state index contributed by atoms with van der Waals surface area (Å²) in [6.45, 7) is 1.25. The molecule has 0 aliphatic carbocycles. The number of imidazole rings is 1. The number of hydrogen-bond donors (Lipinski definition) is 2. The Balaban J connectivity index is 1.49. The van der Waals surface area contributed by atoms with E-state index in [0.717, 1.165) is 18.4 Å². The molecule has 0 spiro atoms. The summed E-state index contributed by atoms with van der Waals surface area (Å²) in [4.78, 5) is 33.3. The van der Waals surface area contributed by atoms with Gasteiger partial charge < -0.3 is 20.4 Å². The number of piperidine rings is 1. The van der Waals surface area contributed by atoms with E-state index in [0.29, 0.717) is 24.4 Å². The second-order valence-corrected chi connectivity index (χ2v) is 7.13. The van der Waals surface area contributed by atoms with Crippen LogP contribution in [0.15, 0.2) is 42.5 Å². The Bertz CT molecular complexity index is 1050. The van der Waals surface area contributed by atoms with Gasteiger partial charge in [0.15, 0.2) is 0 Å². The van der Waals surface area contributed by atoms with Gasteiger partial charge in [-0.25, -0.2) is 14.2 Å². The zero-order chi connectivity index (χ0) is 20.4. The highest BCUT2D eigenvalue weighted by molar-refractivity contribution is 6.04. The fourth-order valence-corrected chi connectivity index (χ4v) is 3.67. The molecule has 29 heavy (non-hydrogen) atoms. The molecule has 1 aliphatic rings. The number of nitrogens with zero attached hydrogens (tertiary/aromatic N) is 2. The summed E-state index contributed by atoms with van der Waals surface area (Å²) in [6, 6.07) is 12.2. The minimum absolute atomic E-state index is 0.0655. The first-order valence-corrected chi connectivity index (χ1v) is 9.46. The molecule has 3 aromatic rings. The first-order valence-electron chi connectivity index (χ1n) is 9.46. The van der Waals surface area contributed by atoms with Crippen LogP contribution in [0.3, 0.4) is 0 Å². The van der Waals surface area contributed by atoms with Crippen molar-refractivity contribution in [2.24, 2.45) is 5.73 Å². The maximum Gasteiger partial charge on any atom is 0.410 e. The predicted octanol–water partition coefficient (Wildman–Crippen LogP) is 3.32. The average molecular weight is 396 g/mol. The lowest BCUT2D eigenvalue weighted by atomic mass is 9.98. The maximum atomic E-state index is 14.0. The van der Waals surface area contributed by atoms with Crippen LogP contribution in [0.5, 0.6) is 0 Å². The summed E-state index contributed by atoms with van der Waals surface area (Å²) < 4.78 is 19.4. The predicted molar refractivity (Wildman–Crippen MR) is 105 cm³/mol. The van der Waals surface area contributed by atoms with Gasteiger partial charge in [-0.2, -0.15) is 0 Å². The number of fused-ring (bicyclic) bond motifs is 1. The summed E-state index contributed by atoms with van der Waals surface area (Å²) in [6.07, 6.45) is 1.23. The Labute approximate surface area is 166 Å². The maximum absolute atomic E-state index is 14.0. The van der Waals surface area contributed by atoms with Crippen molar-refractivity contribution in [1.82, 2.24) is 14.9 Å². The fourth-order valence-electron chi connectivity index (χ4n) is 3.67. The molecule has 2 heterocycles. The van der Waals surface area contributed by atoms with Crippen molar-refractivity contribution in [1.29, 1.82) is 0 Å². The Kier molecular flexibility index (Phi) is 5.16. The Morgan fingerprint density at radius 2 is 2.03 bits per heavy atom. The lowest BCUT2D eigenvalue weighted by molar-refractivity contribution is 0.0854. The Morgan fingerprint density at radius 1 is 1.24 bits per heavy atom. The monoisotopic (exact) mass is 396 g/mol. The number of primary amides is 1. The van der Waals surface area contributed by atoms with Crippen LogP contribution in [-0.2, 0) is 11.3 Å². The largest absolute Gasteiger partial charge is 0.445 e. The van der Waals surface area contributed by atoms with E-state index >= 15 is 0 Å². The van der Waals surface area contributed by atoms with Crippen molar-refractivity contribution in [2.45, 2.75) is 25.4 Å². The quantitative estimate of drug-likeness (QED) is 0.706. The Hall–Kier alpha value is -3.42. The number of carbonyl (C=O) groups is 2. The van der Waals surface area contributed by atoms with E-state index in [9.17, 15) is 14.0 Å². The lowest BCUT2D eigenvalue weighted by Gasteiger charge is -2.31. The highest BCUT2D eigenvalue weighted by Gasteiger charge is 2.28. The molecule has 7 nitrogen and oxygen atoms in total. The van der Waals surface area contributed by atoms with E-state index in [4.69, 9.17) is 10.5 Å². The number of hydrogen-bond acceptors (Lipinski definition) is 4. The molecular formula is C21H21FN4O3. The summed E-state index contributed by atoms with van der Waals surface area (Å²) in [7, 11) is 0. The number of carbonyl (C=O) groups excluding carboxylic acids is 2. The van der Waals surface area contributed by atoms with Crippen molar-refractivity contribution in [3.63, 3.8) is 0 Å². The average Bonchev–Trinajstić information content (AvgIpc) is 3.16. The third-order valence-electron chi connectivity index (χ3n) is 5.14. The second-order valence-electron chi connectivity index (χ2n) is 7.13. The van der Waals surface area contributed by atoms with Crippen LogP contribution in [0.4, 0.5) is 9.18 Å². The number of likely N-dealkylation sites (tertiary alicyclic amines) is 1. The van der Waals surface area contributed by atoms with Gasteiger partial charge in [0.05, 0.1) is 5.52 Å². The molecule has 1 aromatic heterocycles. The zero-order valence-corrected chi connectivity index (χ0v) is 15.7. The molecule has 8 heteroatoms. The van der Waals surface area contributed by atoms with Crippen molar-refractivity contribution in [2.75, 3.05) is 13.1 Å². The van der Waals surface area contributed by atoms with E-state index in [2.05, 4.69) is 9.97 Å². The molecule has 2 amide bonds. The fraction of sp³-hybridized carbons (Fsp3) is 0.286. The summed E-state index contributed by atoms with van der Waals surface area (Å²) in [5.41, 5.74) is 6.77. The topological polar surface area (TPSA) is 101 Å². The molecular weight excluding hydrogens is 375 g/mol. The highest BCUT2D eigenvalue weighted by Crippen LogP contribution is 2.29. The van der Waals surface area contributed by atoms with Gasteiger partial charge in [0, 0.05) is 19.0 Å². The highest BCUT2D eigenvalue weighted by atomic mass is 19.1. The van der Waals surface area contributed by atoms with Crippen LogP contribution >= 0.6 is 0 Å². The Morgan fingerprint density at radius 3 is 2.79 bits per heavy atom. The van der Waals surface area contributed by atoms with Crippen molar-refractivity contribution in [3.05, 3.63) is 65.2 Å². The molecule has 1 fully saturated rings. The minimum atomic E-state index is -0.860. The first-order chi connectivity index (χ1) is 14.0. The van der Waals surface area contributed by atoms with Gasteiger partial charge in [-0.1, -0.05) is 30.3 Å². The standard InChI is InChI=1S/C21H21FN4O3/c22-15-8-9-16-18(17(15)19(23)27)25-20(24-16)14-7-4-10-26(11-14)21(28)29-12-13-5-2-1-3-6-13/h1-3,5-6,8-9,14H,4,7,10-12H2,(H2,23,27)(H,24,25). The van der Waals surface area contributed by atoms with Crippen LogP contribution in [0.25, 0.3) is 11.0 Å². The van der Waals surface area contributed by atoms with Crippen LogP contribution in [0.2, 0.25) is 0 Å². The molecule has 1 atom stereocenters. The summed E-state index contributed by atoms with van der Waals surface area (Å²) in [5, 5.41) is 0. The number of nitrogens with one attached hydrogen (secondary N) is 1. The number of benzene rings is 2. The number of nitrogens with two attached hydrogens (primary N) is 1. The van der Waals surface area contributed by atoms with Crippen molar-refractivity contribution in [3.8, 4) is 0 Å². The van der Waals surface area contributed by atoms with E-state index in [1.54, 1.807) is 4.90 Å². The van der Waals surface area contributed by atoms with Gasteiger partial charge in [-0.3, -0.25) is 4.79 Å². The lowest BCUT2D eigenvalue weighted by Crippen LogP contribution is -2.39. The van der Waals surface area contributed by atoms with Crippen LogP contribution in [-0.4, -0.2) is 40.0 Å². The van der Waals surface area contributed by atoms with Gasteiger partial charge in [0.2, 0.25) is 0 Å². The van der Waals surface area contributed by atoms with E-state index in [1.807, 2.05) is 30.3 Å². The van der Waals surface area contributed by atoms with Crippen molar-refractivity contribution >= 4 is 23.0 Å². The number of ether oxygens (including phenoxy) is 1. The number of rotatable bonds is 4. The third-order valence-corrected chi connectivity index (χ3v) is 5.14. The molecule has 1 aliphatic heterocycles. The smallest absolute Gasteiger partial charge is 0.410 e. The van der Waals surface area contributed by atoms with Crippen LogP contribution in [0, 0.1) is 5.82 Å². The summed E-state index contributed by atoms with van der Waals surface area (Å²) in [5.74, 6) is -1.02. The molecule has 2 aromatic carbocycles. The van der Waals surface area contributed by atoms with Gasteiger partial charge in [-0.15, -0.1) is 0 Å². The minimum Gasteiger partial charge on any atom is -0.445 e. The molecule has 0 saturated carbocycles. The SMILES string of the molecule is NC(=O)c1c(F)ccc2[nH]c(C3CCCN(C(=O)OCc4ccccc4)C3)nc12. The molecule has 1 saturated heterocycles. The molecule has 4 rings (SSSR count). The van der Waals surface area contributed by atoms with E-state index < -0.39 is 11.7 Å².